The van der Waals surface area contributed by atoms with Gasteiger partial charge in [-0.3, -0.25) is 9.59 Å². The average molecular weight is 444 g/mol. The van der Waals surface area contributed by atoms with E-state index in [0.717, 1.165) is 0 Å². The number of amides is 1. The monoisotopic (exact) mass is 443 g/mol. The summed E-state index contributed by atoms with van der Waals surface area (Å²) in [7, 11) is 0. The zero-order valence-corrected chi connectivity index (χ0v) is 20.7. The van der Waals surface area contributed by atoms with Crippen molar-refractivity contribution in [3.05, 3.63) is 142 Å². The summed E-state index contributed by atoms with van der Waals surface area (Å²) in [4.78, 5) is 37.4. The number of benzene rings is 4. The van der Waals surface area contributed by atoms with Gasteiger partial charge in [-0.05, 0) is 5.56 Å². The second-order valence-electron chi connectivity index (χ2n) is 6.93. The van der Waals surface area contributed by atoms with Crippen molar-refractivity contribution >= 4 is 23.2 Å². The van der Waals surface area contributed by atoms with E-state index in [2.05, 4.69) is 5.32 Å². The Morgan fingerprint density at radius 1 is 0.438 bits per heavy atom. The third kappa shape index (κ3) is 5.76. The van der Waals surface area contributed by atoms with E-state index in [9.17, 15) is 14.4 Å². The first kappa shape index (κ1) is 24.0. The Kier molecular flexibility index (Phi) is 8.44. The van der Waals surface area contributed by atoms with Crippen molar-refractivity contribution in [3.63, 3.8) is 0 Å². The molecule has 0 bridgehead atoms. The molecule has 1 amide bonds. The minimum absolute atomic E-state index is 0. The first-order chi connectivity index (χ1) is 15.1. The topological polar surface area (TPSA) is 65.3 Å². The van der Waals surface area contributed by atoms with Gasteiger partial charge in [0.05, 0.1) is 5.91 Å². The third-order valence-corrected chi connectivity index (χ3v) is 4.83. The molecule has 0 aliphatic heterocycles. The predicted octanol–water partition coefficient (Wildman–Crippen LogP) is 3.00. The van der Waals surface area contributed by atoms with Gasteiger partial charge in [-0.15, -0.1) is 5.69 Å². The smallest absolute Gasteiger partial charge is 0.623 e. The molecule has 4 aromatic rings. The first-order valence-electron chi connectivity index (χ1n) is 9.77. The van der Waals surface area contributed by atoms with Crippen molar-refractivity contribution in [3.8, 4) is 0 Å². The number of carbonyl (C=O) groups excluding carboxylic acids is 3. The van der Waals surface area contributed by atoms with Crippen LogP contribution in [0.4, 0.5) is 5.69 Å². The molecular formula is C27H18KNO3. The third-order valence-electron chi connectivity index (χ3n) is 4.83. The molecule has 4 nitrogen and oxygen atoms in total. The van der Waals surface area contributed by atoms with Crippen molar-refractivity contribution in [2.45, 2.75) is 0 Å². The van der Waals surface area contributed by atoms with Crippen LogP contribution in [0.25, 0.3) is 5.32 Å². The maximum Gasteiger partial charge on any atom is 1.00 e. The van der Waals surface area contributed by atoms with Crippen LogP contribution in [-0.4, -0.2) is 17.5 Å². The van der Waals surface area contributed by atoms with Gasteiger partial charge in [0.2, 0.25) is 0 Å². The number of nitrogens with zero attached hydrogens (tertiary/aromatic N) is 1. The van der Waals surface area contributed by atoms with Crippen molar-refractivity contribution in [1.29, 1.82) is 0 Å². The molecule has 0 atom stereocenters. The molecule has 0 aromatic heterocycles. The fourth-order valence-corrected chi connectivity index (χ4v) is 3.15. The van der Waals surface area contributed by atoms with E-state index >= 15 is 0 Å². The van der Waals surface area contributed by atoms with E-state index in [1.54, 1.807) is 72.8 Å². The zero-order chi connectivity index (χ0) is 21.6. The normalized spacial score (nSPS) is 10.0. The maximum absolute atomic E-state index is 12.5. The number of ketones is 2. The standard InChI is InChI=1S/C27H19NO3.K/c29-25(19-7-3-1-4-8-19)21-11-13-23(14-12-21)27(31)28-24-17-15-22(16-18-24)26(30)20-9-5-2-6-10-20;/h1-18H,(H,28,30,31);/q;+1/p-1. The van der Waals surface area contributed by atoms with Crippen LogP contribution in [0.2, 0.25) is 0 Å². The summed E-state index contributed by atoms with van der Waals surface area (Å²) in [6.45, 7) is 0. The molecule has 0 unspecified atom stereocenters. The average Bonchev–Trinajstić information content (AvgIpc) is 2.85. The molecule has 0 spiro atoms. The van der Waals surface area contributed by atoms with Crippen molar-refractivity contribution in [2.24, 2.45) is 0 Å². The summed E-state index contributed by atoms with van der Waals surface area (Å²) in [6, 6.07) is 31.0. The fourth-order valence-electron chi connectivity index (χ4n) is 3.15. The molecule has 4 aromatic carbocycles. The summed E-state index contributed by atoms with van der Waals surface area (Å²) >= 11 is 0. The molecule has 4 rings (SSSR count). The molecule has 0 heterocycles. The van der Waals surface area contributed by atoms with Crippen LogP contribution in [0.1, 0.15) is 42.2 Å². The molecule has 0 aliphatic carbocycles. The van der Waals surface area contributed by atoms with Gasteiger partial charge in [-0.2, -0.15) is 0 Å². The largest absolute Gasteiger partial charge is 1.00 e. The zero-order valence-electron chi connectivity index (χ0n) is 17.6. The Morgan fingerprint density at radius 3 is 1.22 bits per heavy atom. The van der Waals surface area contributed by atoms with E-state index < -0.39 is 5.91 Å². The second kappa shape index (κ2) is 11.3. The molecule has 0 N–H and O–H groups in total. The Hall–Kier alpha value is -2.67. The molecule has 0 fully saturated rings. The predicted molar refractivity (Wildman–Crippen MR) is 120 cm³/mol. The fraction of sp³-hybridized carbons (Fsp3) is 0. The van der Waals surface area contributed by atoms with Gasteiger partial charge >= 0.3 is 51.4 Å². The Morgan fingerprint density at radius 2 is 0.781 bits per heavy atom. The van der Waals surface area contributed by atoms with Crippen LogP contribution in [0.15, 0.2) is 109 Å². The molecule has 0 saturated heterocycles. The summed E-state index contributed by atoms with van der Waals surface area (Å²) in [5.74, 6) is -0.604. The van der Waals surface area contributed by atoms with E-state index in [0.29, 0.717) is 33.5 Å². The van der Waals surface area contributed by atoms with Crippen molar-refractivity contribution < 1.29 is 65.8 Å². The van der Waals surface area contributed by atoms with E-state index in [4.69, 9.17) is 0 Å². The summed E-state index contributed by atoms with van der Waals surface area (Å²) in [5, 5.41) is 4.10. The Bertz CT molecular complexity index is 1220. The maximum atomic E-state index is 12.5. The van der Waals surface area contributed by atoms with E-state index in [1.807, 2.05) is 36.4 Å². The number of hydrogen-bond donors (Lipinski definition) is 0. The van der Waals surface area contributed by atoms with Crippen LogP contribution in [0, 0.1) is 0 Å². The Labute approximate surface area is 229 Å². The SMILES string of the molecule is O=C([N-]c1ccc(C(=O)c2ccccc2)cc1)c1ccc(C(=O)c2ccccc2)cc1.[K+]. The van der Waals surface area contributed by atoms with Crippen molar-refractivity contribution in [1.82, 2.24) is 0 Å². The van der Waals surface area contributed by atoms with Crippen LogP contribution >= 0.6 is 0 Å². The first-order valence-corrected chi connectivity index (χ1v) is 9.77. The van der Waals surface area contributed by atoms with Gasteiger partial charge in [0.15, 0.2) is 11.6 Å². The van der Waals surface area contributed by atoms with Crippen LogP contribution in [-0.2, 0) is 0 Å². The van der Waals surface area contributed by atoms with Crippen molar-refractivity contribution in [2.75, 3.05) is 0 Å². The minimum Gasteiger partial charge on any atom is -0.623 e. The van der Waals surface area contributed by atoms with Gasteiger partial charge in [-0.25, -0.2) is 0 Å². The van der Waals surface area contributed by atoms with Gasteiger partial charge in [0, 0.05) is 22.3 Å². The molecule has 32 heavy (non-hydrogen) atoms. The second-order valence-corrected chi connectivity index (χ2v) is 6.93. The molecule has 0 aliphatic rings. The van der Waals surface area contributed by atoms with Gasteiger partial charge in [0.1, 0.15) is 0 Å². The van der Waals surface area contributed by atoms with Gasteiger partial charge in [0.25, 0.3) is 0 Å². The number of rotatable bonds is 6. The van der Waals surface area contributed by atoms with E-state index in [-0.39, 0.29) is 63.0 Å². The molecule has 0 saturated carbocycles. The van der Waals surface area contributed by atoms with E-state index in [1.165, 1.54) is 0 Å². The minimum atomic E-state index is -0.416. The van der Waals surface area contributed by atoms with Gasteiger partial charge < -0.3 is 10.1 Å². The summed E-state index contributed by atoms with van der Waals surface area (Å²) in [6.07, 6.45) is 0. The quantitative estimate of drug-likeness (QED) is 0.340. The molecular weight excluding hydrogens is 425 g/mol. The number of hydrogen-bond acceptors (Lipinski definition) is 3. The number of carbonyl (C=O) groups is 3. The molecule has 150 valence electrons. The summed E-state index contributed by atoms with van der Waals surface area (Å²) < 4.78 is 0. The van der Waals surface area contributed by atoms with Gasteiger partial charge in [-0.1, -0.05) is 109 Å². The summed E-state index contributed by atoms with van der Waals surface area (Å²) in [5.41, 5.74) is 3.07. The Balaban J connectivity index is 0.00000289. The van der Waals surface area contributed by atoms with Crippen LogP contribution in [0.5, 0.6) is 0 Å². The molecule has 0 radical (unpaired) electrons. The van der Waals surface area contributed by atoms with Crippen LogP contribution < -0.4 is 51.4 Å². The molecule has 5 heteroatoms. The van der Waals surface area contributed by atoms with Crippen LogP contribution in [0.3, 0.4) is 0 Å².